The van der Waals surface area contributed by atoms with Gasteiger partial charge in [-0.05, 0) is 49.3 Å². The summed E-state index contributed by atoms with van der Waals surface area (Å²) in [5.41, 5.74) is 2.66. The van der Waals surface area contributed by atoms with Crippen molar-refractivity contribution in [2.75, 3.05) is 23.9 Å². The number of aryl methyl sites for hydroxylation is 1. The standard InChI is InChI=1S/C30H33ClN10O3/c1-18(2)17-44-30(42)41(25-11-19(9-10-33-25)21-14-35-29(43-4)36-15-21)23-7-5-22(6-8-23)37-28-34-13-20(12-32)26(38-28)27-24(31)16-40(3)39-27/h9-11,13-16,18,22-23H,5-8,17H2,1-4H3,(H,34,37,38). The van der Waals surface area contributed by atoms with Crippen molar-refractivity contribution in [3.63, 3.8) is 0 Å². The van der Waals surface area contributed by atoms with E-state index in [1.54, 1.807) is 41.4 Å². The summed E-state index contributed by atoms with van der Waals surface area (Å²) in [5, 5.41) is 17.7. The number of ether oxygens (including phenoxy) is 2. The minimum Gasteiger partial charge on any atom is -0.467 e. The summed E-state index contributed by atoms with van der Waals surface area (Å²) in [7, 11) is 3.26. The molecule has 1 aliphatic carbocycles. The van der Waals surface area contributed by atoms with Crippen LogP contribution in [0.1, 0.15) is 45.1 Å². The van der Waals surface area contributed by atoms with E-state index in [1.165, 1.54) is 13.3 Å². The van der Waals surface area contributed by atoms with Gasteiger partial charge in [0.1, 0.15) is 23.3 Å². The Labute approximate surface area is 260 Å². The Kier molecular flexibility index (Phi) is 9.50. The van der Waals surface area contributed by atoms with Gasteiger partial charge in [0.25, 0.3) is 0 Å². The monoisotopic (exact) mass is 616 g/mol. The van der Waals surface area contributed by atoms with Crippen LogP contribution >= 0.6 is 11.6 Å². The lowest BCUT2D eigenvalue weighted by molar-refractivity contribution is 0.135. The fourth-order valence-electron chi connectivity index (χ4n) is 5.03. The Balaban J connectivity index is 1.33. The van der Waals surface area contributed by atoms with E-state index in [9.17, 15) is 10.1 Å². The number of nitrogens with one attached hydrogen (secondary N) is 1. The maximum Gasteiger partial charge on any atom is 0.415 e. The van der Waals surface area contributed by atoms with Crippen molar-refractivity contribution in [1.82, 2.24) is 34.7 Å². The van der Waals surface area contributed by atoms with Crippen molar-refractivity contribution < 1.29 is 14.3 Å². The Morgan fingerprint density at radius 2 is 1.89 bits per heavy atom. The molecule has 0 radical (unpaired) electrons. The van der Waals surface area contributed by atoms with Gasteiger partial charge >= 0.3 is 12.1 Å². The number of rotatable bonds is 9. The van der Waals surface area contributed by atoms with Crippen LogP contribution in [-0.4, -0.2) is 66.6 Å². The molecule has 1 saturated carbocycles. The zero-order chi connectivity index (χ0) is 31.2. The smallest absolute Gasteiger partial charge is 0.415 e. The molecule has 4 aromatic rings. The largest absolute Gasteiger partial charge is 0.467 e. The highest BCUT2D eigenvalue weighted by atomic mass is 35.5. The van der Waals surface area contributed by atoms with E-state index in [0.29, 0.717) is 47.6 Å². The first-order valence-electron chi connectivity index (χ1n) is 14.3. The number of aromatic nitrogens is 7. The van der Waals surface area contributed by atoms with Gasteiger partial charge in [-0.1, -0.05) is 25.4 Å². The molecule has 4 aromatic heterocycles. The maximum atomic E-state index is 13.5. The average Bonchev–Trinajstić information content (AvgIpc) is 3.38. The summed E-state index contributed by atoms with van der Waals surface area (Å²) in [4.78, 5) is 37.0. The van der Waals surface area contributed by atoms with Gasteiger partial charge in [0.15, 0.2) is 0 Å². The van der Waals surface area contributed by atoms with Crippen molar-refractivity contribution in [1.29, 1.82) is 5.26 Å². The Bertz CT molecular complexity index is 1650. The number of halogens is 1. The highest BCUT2D eigenvalue weighted by Gasteiger charge is 2.32. The number of amides is 1. The summed E-state index contributed by atoms with van der Waals surface area (Å²) < 4.78 is 12.3. The van der Waals surface area contributed by atoms with E-state index in [-0.39, 0.29) is 29.6 Å². The van der Waals surface area contributed by atoms with Gasteiger partial charge in [0.05, 0.1) is 30.5 Å². The van der Waals surface area contributed by atoms with E-state index >= 15 is 0 Å². The van der Waals surface area contributed by atoms with Crippen LogP contribution in [0.4, 0.5) is 16.6 Å². The molecule has 14 heteroatoms. The first kappa shape index (κ1) is 30.6. The molecule has 44 heavy (non-hydrogen) atoms. The second-order valence-electron chi connectivity index (χ2n) is 10.9. The van der Waals surface area contributed by atoms with Crippen LogP contribution in [0.5, 0.6) is 6.01 Å². The van der Waals surface area contributed by atoms with Crippen molar-refractivity contribution >= 4 is 29.5 Å². The highest BCUT2D eigenvalue weighted by molar-refractivity contribution is 6.33. The minimum atomic E-state index is -0.432. The van der Waals surface area contributed by atoms with Crippen molar-refractivity contribution in [3.05, 3.63) is 53.7 Å². The number of anilines is 2. The third-order valence-corrected chi connectivity index (χ3v) is 7.46. The number of hydrogen-bond donors (Lipinski definition) is 1. The fourth-order valence-corrected chi connectivity index (χ4v) is 5.30. The van der Waals surface area contributed by atoms with E-state index in [0.717, 1.165) is 24.0 Å². The second kappa shape index (κ2) is 13.6. The molecule has 13 nitrogen and oxygen atoms in total. The summed E-state index contributed by atoms with van der Waals surface area (Å²) in [5.74, 6) is 1.07. The Morgan fingerprint density at radius 1 is 1.14 bits per heavy atom. The van der Waals surface area contributed by atoms with Crippen molar-refractivity contribution in [3.8, 4) is 34.6 Å². The second-order valence-corrected chi connectivity index (χ2v) is 11.3. The minimum absolute atomic E-state index is 0.0514. The molecule has 0 spiro atoms. The lowest BCUT2D eigenvalue weighted by Crippen LogP contribution is -2.45. The average molecular weight is 617 g/mol. The molecule has 0 unspecified atom stereocenters. The summed E-state index contributed by atoms with van der Waals surface area (Å²) in [6.07, 6.45) is 10.6. The topological polar surface area (TPSA) is 157 Å². The zero-order valence-electron chi connectivity index (χ0n) is 24.9. The molecule has 1 aliphatic rings. The lowest BCUT2D eigenvalue weighted by atomic mass is 9.90. The van der Waals surface area contributed by atoms with Crippen LogP contribution in [0.3, 0.4) is 0 Å². The number of methoxy groups -OCH3 is 1. The summed E-state index contributed by atoms with van der Waals surface area (Å²) in [6.45, 7) is 4.29. The third kappa shape index (κ3) is 7.03. The number of nitrogens with zero attached hydrogens (tertiary/aromatic N) is 9. The third-order valence-electron chi connectivity index (χ3n) is 7.19. The molecule has 0 atom stereocenters. The van der Waals surface area contributed by atoms with Crippen LogP contribution in [0.15, 0.2) is 43.1 Å². The molecule has 0 aliphatic heterocycles. The van der Waals surface area contributed by atoms with E-state index in [1.807, 2.05) is 26.0 Å². The zero-order valence-corrected chi connectivity index (χ0v) is 25.7. The van der Waals surface area contributed by atoms with Crippen LogP contribution in [0, 0.1) is 17.2 Å². The van der Waals surface area contributed by atoms with Crippen LogP contribution < -0.4 is 15.0 Å². The first-order chi connectivity index (χ1) is 21.2. The van der Waals surface area contributed by atoms with Gasteiger partial charge in [0.2, 0.25) is 5.95 Å². The first-order valence-corrected chi connectivity index (χ1v) is 14.6. The van der Waals surface area contributed by atoms with Gasteiger partial charge in [-0.2, -0.15) is 10.4 Å². The number of carbonyl (C=O) groups is 1. The predicted molar refractivity (Wildman–Crippen MR) is 164 cm³/mol. The molecule has 4 heterocycles. The van der Waals surface area contributed by atoms with Crippen LogP contribution in [0.25, 0.3) is 22.5 Å². The molecule has 0 bridgehead atoms. The number of carbonyl (C=O) groups excluding carboxylic acids is 1. The molecule has 1 amide bonds. The molecular formula is C30H33ClN10O3. The Morgan fingerprint density at radius 3 is 2.52 bits per heavy atom. The van der Waals surface area contributed by atoms with Crippen LogP contribution in [0.2, 0.25) is 5.02 Å². The SMILES string of the molecule is COc1ncc(-c2ccnc(N(C(=O)OCC(C)C)C3CCC(Nc4ncc(C#N)c(-c5nn(C)cc5Cl)n4)CC3)c2)cn1. The van der Waals surface area contributed by atoms with Crippen molar-refractivity contribution in [2.45, 2.75) is 51.6 Å². The van der Waals surface area contributed by atoms with E-state index < -0.39 is 6.09 Å². The van der Waals surface area contributed by atoms with Gasteiger partial charge < -0.3 is 14.8 Å². The van der Waals surface area contributed by atoms with Gasteiger partial charge in [0, 0.05) is 49.5 Å². The number of nitriles is 1. The summed E-state index contributed by atoms with van der Waals surface area (Å²) >= 11 is 6.34. The van der Waals surface area contributed by atoms with Gasteiger partial charge in [-0.25, -0.2) is 29.7 Å². The molecular weight excluding hydrogens is 584 g/mol. The van der Waals surface area contributed by atoms with Gasteiger partial charge in [-0.15, -0.1) is 0 Å². The fraction of sp³-hybridized carbons (Fsp3) is 0.400. The molecule has 5 rings (SSSR count). The molecule has 1 fully saturated rings. The number of pyridine rings is 1. The number of hydrogen-bond acceptors (Lipinski definition) is 11. The summed E-state index contributed by atoms with van der Waals surface area (Å²) in [6, 6.07) is 6.00. The predicted octanol–water partition coefficient (Wildman–Crippen LogP) is 5.29. The molecule has 0 aromatic carbocycles. The molecule has 0 saturated heterocycles. The molecule has 228 valence electrons. The highest BCUT2D eigenvalue weighted by Crippen LogP contribution is 2.32. The molecule has 1 N–H and O–H groups in total. The maximum absolute atomic E-state index is 13.5. The van der Waals surface area contributed by atoms with Crippen molar-refractivity contribution in [2.24, 2.45) is 13.0 Å². The van der Waals surface area contributed by atoms with Gasteiger partial charge in [-0.3, -0.25) is 9.58 Å². The van der Waals surface area contributed by atoms with Crippen LogP contribution in [-0.2, 0) is 11.8 Å². The lowest BCUT2D eigenvalue weighted by Gasteiger charge is -2.36. The Hall–Kier alpha value is -4.83. The van der Waals surface area contributed by atoms with E-state index in [2.05, 4.69) is 41.4 Å². The normalized spacial score (nSPS) is 16.3. The quantitative estimate of drug-likeness (QED) is 0.261. The van der Waals surface area contributed by atoms with E-state index in [4.69, 9.17) is 21.1 Å².